The molecule has 144 valence electrons. The van der Waals surface area contributed by atoms with Crippen LogP contribution < -0.4 is 5.56 Å². The number of fused-ring (bicyclic) bond motifs is 1. The third kappa shape index (κ3) is 3.34. The Bertz CT molecular complexity index is 1260. The van der Waals surface area contributed by atoms with Crippen molar-refractivity contribution in [3.05, 3.63) is 86.5 Å². The van der Waals surface area contributed by atoms with Gasteiger partial charge in [-0.05, 0) is 36.8 Å². The van der Waals surface area contributed by atoms with Gasteiger partial charge in [-0.3, -0.25) is 9.59 Å². The molecule has 0 fully saturated rings. The summed E-state index contributed by atoms with van der Waals surface area (Å²) in [7, 11) is 0. The first-order valence-corrected chi connectivity index (χ1v) is 10.4. The van der Waals surface area contributed by atoms with E-state index in [0.29, 0.717) is 39.7 Å². The second-order valence-corrected chi connectivity index (χ2v) is 8.29. The number of rotatable bonds is 3. The van der Waals surface area contributed by atoms with Gasteiger partial charge < -0.3 is 9.40 Å². The molecule has 5 rings (SSSR count). The molecule has 0 amide bonds. The summed E-state index contributed by atoms with van der Waals surface area (Å²) in [6.45, 7) is 0. The van der Waals surface area contributed by atoms with E-state index < -0.39 is 0 Å². The van der Waals surface area contributed by atoms with E-state index in [1.54, 1.807) is 24.5 Å². The Labute approximate surface area is 175 Å². The minimum atomic E-state index is -0.242. The number of ketones is 1. The Morgan fingerprint density at radius 2 is 1.93 bits per heavy atom. The zero-order valence-corrected chi connectivity index (χ0v) is 16.7. The number of aromatic amines is 1. The van der Waals surface area contributed by atoms with Crippen molar-refractivity contribution in [3.8, 4) is 21.8 Å². The van der Waals surface area contributed by atoms with E-state index in [-0.39, 0.29) is 17.3 Å². The van der Waals surface area contributed by atoms with Gasteiger partial charge in [0, 0.05) is 39.6 Å². The molecule has 7 heteroatoms. The maximum absolute atomic E-state index is 12.8. The number of pyridine rings is 1. The fourth-order valence-electron chi connectivity index (χ4n) is 3.67. The van der Waals surface area contributed by atoms with Gasteiger partial charge in [-0.1, -0.05) is 23.7 Å². The van der Waals surface area contributed by atoms with E-state index in [1.165, 1.54) is 11.3 Å². The second kappa shape index (κ2) is 7.13. The first-order valence-electron chi connectivity index (χ1n) is 9.13. The van der Waals surface area contributed by atoms with E-state index in [2.05, 4.69) is 9.97 Å². The molecule has 1 aliphatic rings. The molecule has 0 saturated carbocycles. The average molecular weight is 423 g/mol. The molecule has 3 aromatic heterocycles. The predicted molar refractivity (Wildman–Crippen MR) is 113 cm³/mol. The Morgan fingerprint density at radius 1 is 1.10 bits per heavy atom. The molecule has 5 nitrogen and oxygen atoms in total. The lowest BCUT2D eigenvalue weighted by molar-refractivity contribution is 0.0959. The first kappa shape index (κ1) is 18.1. The maximum atomic E-state index is 12.8. The molecule has 4 aromatic rings. The van der Waals surface area contributed by atoms with Crippen LogP contribution in [0.5, 0.6) is 0 Å². The number of halogens is 1. The van der Waals surface area contributed by atoms with E-state index in [4.69, 9.17) is 16.0 Å². The van der Waals surface area contributed by atoms with Gasteiger partial charge in [0.2, 0.25) is 0 Å². The van der Waals surface area contributed by atoms with Gasteiger partial charge in [0.1, 0.15) is 10.8 Å². The Balaban J connectivity index is 1.50. The number of aromatic nitrogens is 2. The zero-order chi connectivity index (χ0) is 20.0. The molecule has 0 saturated heterocycles. The van der Waals surface area contributed by atoms with Crippen molar-refractivity contribution in [1.29, 1.82) is 0 Å². The van der Waals surface area contributed by atoms with Crippen LogP contribution in [0, 0.1) is 0 Å². The summed E-state index contributed by atoms with van der Waals surface area (Å²) in [5, 5.41) is 3.13. The maximum Gasteiger partial charge on any atom is 0.258 e. The lowest BCUT2D eigenvalue weighted by Gasteiger charge is -2.22. The Morgan fingerprint density at radius 3 is 2.69 bits per heavy atom. The van der Waals surface area contributed by atoms with Gasteiger partial charge in [0.05, 0.1) is 17.5 Å². The van der Waals surface area contributed by atoms with E-state index in [1.807, 2.05) is 29.6 Å². The summed E-state index contributed by atoms with van der Waals surface area (Å²) in [5.41, 5.74) is 3.08. The van der Waals surface area contributed by atoms with Crippen molar-refractivity contribution in [2.45, 2.75) is 18.8 Å². The zero-order valence-electron chi connectivity index (χ0n) is 15.1. The number of thiazole rings is 1. The highest BCUT2D eigenvalue weighted by atomic mass is 35.5. The van der Waals surface area contributed by atoms with Gasteiger partial charge in [-0.15, -0.1) is 11.3 Å². The number of nitrogens with zero attached hydrogens (tertiary/aromatic N) is 1. The lowest BCUT2D eigenvalue weighted by Crippen LogP contribution is -2.24. The summed E-state index contributed by atoms with van der Waals surface area (Å²) >= 11 is 7.32. The highest BCUT2D eigenvalue weighted by Crippen LogP contribution is 2.34. The fourth-order valence-corrected chi connectivity index (χ4v) is 4.63. The number of Topliss-reactive ketones (excluding diaryl/α,β-unsaturated/α-hetero) is 1. The predicted octanol–water partition coefficient (Wildman–Crippen LogP) is 5.32. The van der Waals surface area contributed by atoms with Gasteiger partial charge >= 0.3 is 0 Å². The fraction of sp³-hybridized carbons (Fsp3) is 0.136. The first-order chi connectivity index (χ1) is 14.1. The smallest absolute Gasteiger partial charge is 0.258 e. The molecular formula is C22H15ClN2O3S. The molecule has 0 bridgehead atoms. The van der Waals surface area contributed by atoms with E-state index >= 15 is 0 Å². The quantitative estimate of drug-likeness (QED) is 0.484. The van der Waals surface area contributed by atoms with Crippen molar-refractivity contribution in [3.63, 3.8) is 0 Å². The van der Waals surface area contributed by atoms with Gasteiger partial charge in [-0.2, -0.15) is 0 Å². The largest absolute Gasteiger partial charge is 0.469 e. The number of hydrogen-bond acceptors (Lipinski definition) is 5. The molecule has 1 atom stereocenters. The van der Waals surface area contributed by atoms with Crippen LogP contribution in [0.15, 0.2) is 63.3 Å². The van der Waals surface area contributed by atoms with Crippen molar-refractivity contribution in [2.24, 2.45) is 0 Å². The van der Waals surface area contributed by atoms with E-state index in [9.17, 15) is 9.59 Å². The van der Waals surface area contributed by atoms with Crippen molar-refractivity contribution < 1.29 is 9.21 Å². The number of nitrogens with one attached hydrogen (secondary N) is 1. The molecule has 0 spiro atoms. The van der Waals surface area contributed by atoms with Crippen LogP contribution in [-0.4, -0.2) is 15.8 Å². The molecule has 0 aliphatic heterocycles. The molecule has 29 heavy (non-hydrogen) atoms. The summed E-state index contributed by atoms with van der Waals surface area (Å²) < 4.78 is 5.45. The second-order valence-electron chi connectivity index (χ2n) is 6.99. The van der Waals surface area contributed by atoms with Crippen LogP contribution >= 0.6 is 22.9 Å². The molecule has 0 radical (unpaired) electrons. The van der Waals surface area contributed by atoms with Crippen LogP contribution in [-0.2, 0) is 6.42 Å². The molecule has 1 aromatic carbocycles. The molecular weight excluding hydrogens is 408 g/mol. The average Bonchev–Trinajstić information content (AvgIpc) is 3.40. The Kier molecular flexibility index (Phi) is 4.45. The van der Waals surface area contributed by atoms with Crippen LogP contribution in [0.3, 0.4) is 0 Å². The molecule has 1 aliphatic carbocycles. The third-order valence-corrected chi connectivity index (χ3v) is 6.25. The highest BCUT2D eigenvalue weighted by Gasteiger charge is 2.29. The van der Waals surface area contributed by atoms with Crippen molar-refractivity contribution in [1.82, 2.24) is 9.97 Å². The van der Waals surface area contributed by atoms with Gasteiger partial charge in [0.15, 0.2) is 5.78 Å². The lowest BCUT2D eigenvalue weighted by atomic mass is 9.84. The number of furan rings is 1. The number of H-pyrrole nitrogens is 1. The summed E-state index contributed by atoms with van der Waals surface area (Å²) in [6.07, 6.45) is 2.53. The minimum Gasteiger partial charge on any atom is -0.469 e. The number of carbonyl (C=O) groups is 1. The number of hydrogen-bond donors (Lipinski definition) is 1. The van der Waals surface area contributed by atoms with Crippen molar-refractivity contribution in [2.75, 3.05) is 0 Å². The standard InChI is InChI=1S/C22H15ClN2O3S/c23-14-5-3-12(4-6-14)18-11-29-22(25-18)16-10-15-17(24-21(16)27)8-13(9-19(15)26)20-2-1-7-28-20/h1-7,10-11,13H,8-9H2,(H,24,27)/t13-/m1/s1. The topological polar surface area (TPSA) is 76.0 Å². The highest BCUT2D eigenvalue weighted by molar-refractivity contribution is 7.13. The monoisotopic (exact) mass is 422 g/mol. The molecule has 3 heterocycles. The van der Waals surface area contributed by atoms with Crippen LogP contribution in [0.2, 0.25) is 5.02 Å². The van der Waals surface area contributed by atoms with Gasteiger partial charge in [0.25, 0.3) is 5.56 Å². The minimum absolute atomic E-state index is 0.000342. The SMILES string of the molecule is O=C1C[C@H](c2ccco2)Cc2[nH]c(=O)c(-c3nc(-c4ccc(Cl)cc4)cs3)cc21. The van der Waals surface area contributed by atoms with Crippen LogP contribution in [0.4, 0.5) is 0 Å². The Hall–Kier alpha value is -2.96. The molecule has 1 N–H and O–H groups in total. The normalized spacial score (nSPS) is 16.0. The number of benzene rings is 1. The van der Waals surface area contributed by atoms with Crippen molar-refractivity contribution >= 4 is 28.7 Å². The van der Waals surface area contributed by atoms with Gasteiger partial charge in [-0.25, -0.2) is 4.98 Å². The summed E-state index contributed by atoms with van der Waals surface area (Å²) in [5.74, 6) is 0.712. The summed E-state index contributed by atoms with van der Waals surface area (Å²) in [4.78, 5) is 33.0. The summed E-state index contributed by atoms with van der Waals surface area (Å²) in [6, 6.07) is 12.7. The molecule has 0 unspecified atom stereocenters. The van der Waals surface area contributed by atoms with Crippen LogP contribution in [0.25, 0.3) is 21.8 Å². The van der Waals surface area contributed by atoms with Crippen LogP contribution in [0.1, 0.15) is 34.2 Å². The third-order valence-electron chi connectivity index (χ3n) is 5.13. The number of carbonyl (C=O) groups excluding carboxylic acids is 1. The van der Waals surface area contributed by atoms with E-state index in [0.717, 1.165) is 17.0 Å².